The number of aromatic carboxylic acids is 1. The molecule has 0 fully saturated rings. The number of rotatable bonds is 3. The van der Waals surface area contributed by atoms with E-state index in [2.05, 4.69) is 0 Å². The minimum atomic E-state index is -1.15. The number of benzene rings is 1. The number of halogens is 2. The zero-order chi connectivity index (χ0) is 14.2. The van der Waals surface area contributed by atoms with Gasteiger partial charge in [-0.25, -0.2) is 9.18 Å². The number of hydrogen-bond donors (Lipinski definition) is 1. The van der Waals surface area contributed by atoms with Gasteiger partial charge in [-0.15, -0.1) is 0 Å². The quantitative estimate of drug-likeness (QED) is 0.665. The first kappa shape index (κ1) is 13.7. The van der Waals surface area contributed by atoms with Crippen LogP contribution in [0.4, 0.5) is 4.39 Å². The fraction of sp³-hybridized carbons (Fsp3) is 0.0769. The Morgan fingerprint density at radius 1 is 1.32 bits per heavy atom. The summed E-state index contributed by atoms with van der Waals surface area (Å²) in [4.78, 5) is 22.5. The number of nitrogens with zero attached hydrogens (tertiary/aromatic N) is 1. The molecule has 6 heteroatoms. The van der Waals surface area contributed by atoms with Crippen molar-refractivity contribution in [1.82, 2.24) is 4.57 Å². The predicted octanol–water partition coefficient (Wildman–Crippen LogP) is 3.12. The van der Waals surface area contributed by atoms with Crippen LogP contribution < -0.4 is 0 Å². The summed E-state index contributed by atoms with van der Waals surface area (Å²) in [6, 6.07) is 5.34. The molecule has 0 amide bonds. The van der Waals surface area contributed by atoms with E-state index in [1.165, 1.54) is 42.0 Å². The molecule has 0 atom stereocenters. The first-order chi connectivity index (χ1) is 8.90. The van der Waals surface area contributed by atoms with Crippen LogP contribution in [0.15, 0.2) is 30.5 Å². The van der Waals surface area contributed by atoms with Crippen LogP contribution in [-0.4, -0.2) is 21.4 Å². The molecule has 1 heterocycles. The third kappa shape index (κ3) is 2.67. The molecule has 4 nitrogen and oxygen atoms in total. The Hall–Kier alpha value is -1.70. The zero-order valence-corrected chi connectivity index (χ0v) is 12.0. The molecule has 0 unspecified atom stereocenters. The number of aromatic nitrogens is 1. The van der Waals surface area contributed by atoms with Crippen LogP contribution in [0, 0.1) is 9.39 Å². The van der Waals surface area contributed by atoms with Gasteiger partial charge in [-0.05, 0) is 53.8 Å². The summed E-state index contributed by atoms with van der Waals surface area (Å²) in [5.41, 5.74) is 0.791. The molecule has 0 aliphatic rings. The highest BCUT2D eigenvalue weighted by molar-refractivity contribution is 14.1. The van der Waals surface area contributed by atoms with Crippen molar-refractivity contribution < 1.29 is 19.1 Å². The summed E-state index contributed by atoms with van der Waals surface area (Å²) in [5, 5.41) is 9.16. The van der Waals surface area contributed by atoms with Crippen molar-refractivity contribution in [2.24, 2.45) is 0 Å². The van der Waals surface area contributed by atoms with Gasteiger partial charge in [0.15, 0.2) is 5.78 Å². The van der Waals surface area contributed by atoms with Crippen LogP contribution in [0.5, 0.6) is 0 Å². The van der Waals surface area contributed by atoms with Gasteiger partial charge in [-0.2, -0.15) is 0 Å². The van der Waals surface area contributed by atoms with Crippen LogP contribution in [0.3, 0.4) is 0 Å². The molecule has 98 valence electrons. The summed E-state index contributed by atoms with van der Waals surface area (Å²) < 4.78 is 15.0. The van der Waals surface area contributed by atoms with E-state index in [4.69, 9.17) is 5.11 Å². The molecule has 1 aromatic carbocycles. The fourth-order valence-corrected chi connectivity index (χ4v) is 2.43. The van der Waals surface area contributed by atoms with E-state index in [1.54, 1.807) is 0 Å². The van der Waals surface area contributed by atoms with Crippen molar-refractivity contribution in [2.75, 3.05) is 0 Å². The molecule has 0 spiro atoms. The highest BCUT2D eigenvalue weighted by Crippen LogP contribution is 2.22. The fourth-order valence-electron chi connectivity index (χ4n) is 1.70. The summed E-state index contributed by atoms with van der Waals surface area (Å²) in [5.74, 6) is -1.77. The molecule has 0 radical (unpaired) electrons. The average Bonchev–Trinajstić information content (AvgIpc) is 2.73. The number of hydrogen-bond acceptors (Lipinski definition) is 2. The largest absolute Gasteiger partial charge is 0.477 e. The number of carboxylic acids is 1. The highest BCUT2D eigenvalue weighted by atomic mass is 127. The highest BCUT2D eigenvalue weighted by Gasteiger charge is 2.17. The molecule has 0 bridgehead atoms. The average molecular weight is 373 g/mol. The number of carbonyl (C=O) groups excluding carboxylic acids is 1. The lowest BCUT2D eigenvalue weighted by molar-refractivity contribution is 0.0688. The second-order valence-corrected chi connectivity index (χ2v) is 5.10. The Balaban J connectivity index is 2.66. The predicted molar refractivity (Wildman–Crippen MR) is 75.4 cm³/mol. The second kappa shape index (κ2) is 5.12. The van der Waals surface area contributed by atoms with Gasteiger partial charge < -0.3 is 9.67 Å². The lowest BCUT2D eigenvalue weighted by Crippen LogP contribution is -2.06. The molecule has 0 saturated carbocycles. The molecular formula is C13H9FINO3. The van der Waals surface area contributed by atoms with Crippen LogP contribution in [0.2, 0.25) is 0 Å². The molecule has 2 rings (SSSR count). The Morgan fingerprint density at radius 2 is 2.00 bits per heavy atom. The first-order valence-corrected chi connectivity index (χ1v) is 6.40. The van der Waals surface area contributed by atoms with Gasteiger partial charge in [0.25, 0.3) is 0 Å². The molecule has 0 aliphatic carbocycles. The zero-order valence-electron chi connectivity index (χ0n) is 9.85. The van der Waals surface area contributed by atoms with Crippen LogP contribution in [0.1, 0.15) is 27.8 Å². The van der Waals surface area contributed by atoms with Crippen molar-refractivity contribution in [3.8, 4) is 5.69 Å². The van der Waals surface area contributed by atoms with E-state index in [9.17, 15) is 14.0 Å². The monoisotopic (exact) mass is 373 g/mol. The minimum absolute atomic E-state index is 0.0327. The molecule has 0 aliphatic heterocycles. The smallest absolute Gasteiger partial charge is 0.352 e. The van der Waals surface area contributed by atoms with Crippen LogP contribution in [0.25, 0.3) is 5.69 Å². The topological polar surface area (TPSA) is 59.3 Å². The Kier molecular flexibility index (Phi) is 3.70. The molecule has 1 N–H and O–H groups in total. The SMILES string of the molecule is CC(=O)c1cc(C(=O)O)n(-c2ccc(F)cc2I)c1. The van der Waals surface area contributed by atoms with E-state index in [0.717, 1.165) is 0 Å². The maximum Gasteiger partial charge on any atom is 0.352 e. The summed E-state index contributed by atoms with van der Waals surface area (Å²) in [6.45, 7) is 1.36. The van der Waals surface area contributed by atoms with E-state index >= 15 is 0 Å². The summed E-state index contributed by atoms with van der Waals surface area (Å²) in [7, 11) is 0. The van der Waals surface area contributed by atoms with Crippen molar-refractivity contribution in [2.45, 2.75) is 6.92 Å². The molecule has 2 aromatic rings. The molecule has 1 aromatic heterocycles. The van der Waals surface area contributed by atoms with Gasteiger partial charge in [-0.1, -0.05) is 0 Å². The number of carbonyl (C=O) groups is 2. The van der Waals surface area contributed by atoms with E-state index in [1.807, 2.05) is 22.6 Å². The summed E-state index contributed by atoms with van der Waals surface area (Å²) >= 11 is 1.92. The Morgan fingerprint density at radius 3 is 2.53 bits per heavy atom. The van der Waals surface area contributed by atoms with E-state index in [-0.39, 0.29) is 11.5 Å². The lowest BCUT2D eigenvalue weighted by Gasteiger charge is -2.08. The normalized spacial score (nSPS) is 10.5. The van der Waals surface area contributed by atoms with Gasteiger partial charge in [0.2, 0.25) is 0 Å². The maximum atomic E-state index is 13.1. The van der Waals surface area contributed by atoms with Gasteiger partial charge in [-0.3, -0.25) is 4.79 Å². The van der Waals surface area contributed by atoms with Crippen molar-refractivity contribution >= 4 is 34.3 Å². The second-order valence-electron chi connectivity index (χ2n) is 3.94. The third-order valence-corrected chi connectivity index (χ3v) is 3.48. The maximum absolute atomic E-state index is 13.1. The van der Waals surface area contributed by atoms with E-state index < -0.39 is 11.8 Å². The third-order valence-electron chi connectivity index (χ3n) is 2.61. The van der Waals surface area contributed by atoms with Gasteiger partial charge in [0.1, 0.15) is 11.5 Å². The van der Waals surface area contributed by atoms with Crippen molar-refractivity contribution in [1.29, 1.82) is 0 Å². The molecular weight excluding hydrogens is 364 g/mol. The summed E-state index contributed by atoms with van der Waals surface area (Å²) in [6.07, 6.45) is 1.45. The van der Waals surface area contributed by atoms with E-state index in [0.29, 0.717) is 14.8 Å². The van der Waals surface area contributed by atoms with Gasteiger partial charge in [0, 0.05) is 15.3 Å². The van der Waals surface area contributed by atoms with Crippen LogP contribution >= 0.6 is 22.6 Å². The minimum Gasteiger partial charge on any atom is -0.477 e. The Bertz CT molecular complexity index is 679. The number of carboxylic acid groups (broad SMARTS) is 1. The van der Waals surface area contributed by atoms with Crippen molar-refractivity contribution in [3.05, 3.63) is 51.1 Å². The molecule has 19 heavy (non-hydrogen) atoms. The lowest BCUT2D eigenvalue weighted by atomic mass is 10.2. The van der Waals surface area contributed by atoms with Crippen molar-refractivity contribution in [3.63, 3.8) is 0 Å². The van der Waals surface area contributed by atoms with Gasteiger partial charge in [0.05, 0.1) is 5.69 Å². The standard InChI is InChI=1S/C13H9FINO3/c1-7(17)8-4-12(13(18)19)16(6-8)11-3-2-9(14)5-10(11)15/h2-6H,1H3,(H,18,19). The van der Waals surface area contributed by atoms with Crippen LogP contribution in [-0.2, 0) is 0 Å². The Labute approximate surface area is 122 Å². The number of ketones is 1. The first-order valence-electron chi connectivity index (χ1n) is 5.32. The van der Waals surface area contributed by atoms with Gasteiger partial charge >= 0.3 is 5.97 Å². The number of Topliss-reactive ketones (excluding diaryl/α,β-unsaturated/α-hetero) is 1. The molecule has 0 saturated heterocycles.